The van der Waals surface area contributed by atoms with Crippen LogP contribution in [-0.4, -0.2) is 21.3 Å². The van der Waals surface area contributed by atoms with E-state index in [0.29, 0.717) is 5.69 Å². The third kappa shape index (κ3) is 1.97. The number of nitrogens with two attached hydrogens (primary N) is 1. The van der Waals surface area contributed by atoms with Gasteiger partial charge in [-0.15, -0.1) is 0 Å². The van der Waals surface area contributed by atoms with Gasteiger partial charge in [0.15, 0.2) is 5.69 Å². The van der Waals surface area contributed by atoms with Crippen molar-refractivity contribution < 1.29 is 9.18 Å². The lowest BCUT2D eigenvalue weighted by molar-refractivity contribution is 0.102. The fraction of sp³-hybridized carbons (Fsp3) is 0. The Morgan fingerprint density at radius 3 is 2.94 bits per heavy atom. The van der Waals surface area contributed by atoms with E-state index in [-0.39, 0.29) is 11.4 Å². The van der Waals surface area contributed by atoms with Crippen molar-refractivity contribution in [2.75, 3.05) is 11.1 Å². The Labute approximate surface area is 89.7 Å². The maximum atomic E-state index is 12.8. The molecule has 0 aliphatic heterocycles. The number of nitrogens with zero attached hydrogens (tertiary/aromatic N) is 2. The number of benzene rings is 1. The van der Waals surface area contributed by atoms with Crippen LogP contribution in [0.5, 0.6) is 0 Å². The first kappa shape index (κ1) is 10.1. The SMILES string of the molecule is Nc1cc(NC(=O)c2cn[nH]n2)ccc1F. The van der Waals surface area contributed by atoms with Crippen LogP contribution in [0.1, 0.15) is 10.5 Å². The van der Waals surface area contributed by atoms with E-state index in [9.17, 15) is 9.18 Å². The van der Waals surface area contributed by atoms with Crippen molar-refractivity contribution in [1.29, 1.82) is 0 Å². The van der Waals surface area contributed by atoms with Crippen LogP contribution in [-0.2, 0) is 0 Å². The Hall–Kier alpha value is -2.44. The largest absolute Gasteiger partial charge is 0.396 e. The second kappa shape index (κ2) is 3.97. The van der Waals surface area contributed by atoms with Crippen LogP contribution < -0.4 is 11.1 Å². The van der Waals surface area contributed by atoms with E-state index in [1.807, 2.05) is 0 Å². The summed E-state index contributed by atoms with van der Waals surface area (Å²) in [4.78, 5) is 11.5. The Morgan fingerprint density at radius 1 is 1.50 bits per heavy atom. The predicted octanol–water partition coefficient (Wildman–Crippen LogP) is 0.778. The second-order valence-corrected chi connectivity index (χ2v) is 3.05. The van der Waals surface area contributed by atoms with Gasteiger partial charge in [0.25, 0.3) is 5.91 Å². The summed E-state index contributed by atoms with van der Waals surface area (Å²) in [5, 5.41) is 11.9. The van der Waals surface area contributed by atoms with E-state index < -0.39 is 11.7 Å². The maximum Gasteiger partial charge on any atom is 0.277 e. The first-order chi connectivity index (χ1) is 7.66. The third-order valence-corrected chi connectivity index (χ3v) is 1.90. The summed E-state index contributed by atoms with van der Waals surface area (Å²) >= 11 is 0. The predicted molar refractivity (Wildman–Crippen MR) is 55.1 cm³/mol. The van der Waals surface area contributed by atoms with Crippen LogP contribution in [0.3, 0.4) is 0 Å². The minimum absolute atomic E-state index is 0.0297. The Kier molecular flexibility index (Phi) is 2.50. The van der Waals surface area contributed by atoms with Crippen LogP contribution in [0.15, 0.2) is 24.4 Å². The highest BCUT2D eigenvalue weighted by Gasteiger charge is 2.09. The van der Waals surface area contributed by atoms with Crippen LogP contribution >= 0.6 is 0 Å². The molecular formula is C9H8FN5O. The number of carbonyl (C=O) groups excluding carboxylic acids is 1. The number of anilines is 2. The summed E-state index contributed by atoms with van der Waals surface area (Å²) in [7, 11) is 0. The van der Waals surface area contributed by atoms with Gasteiger partial charge in [0.2, 0.25) is 0 Å². The first-order valence-corrected chi connectivity index (χ1v) is 4.39. The zero-order chi connectivity index (χ0) is 11.5. The molecule has 1 heterocycles. The fourth-order valence-electron chi connectivity index (χ4n) is 1.13. The maximum absolute atomic E-state index is 12.8. The second-order valence-electron chi connectivity index (χ2n) is 3.05. The van der Waals surface area contributed by atoms with Gasteiger partial charge in [-0.3, -0.25) is 4.79 Å². The van der Waals surface area contributed by atoms with Crippen molar-refractivity contribution in [3.05, 3.63) is 35.9 Å². The Morgan fingerprint density at radius 2 is 2.31 bits per heavy atom. The standard InChI is InChI=1S/C9H8FN5O/c10-6-2-1-5(3-7(6)11)13-9(16)8-4-12-15-14-8/h1-4H,11H2,(H,13,16)(H,12,14,15). The van der Waals surface area contributed by atoms with E-state index in [1.165, 1.54) is 24.4 Å². The molecule has 82 valence electrons. The average molecular weight is 221 g/mol. The van der Waals surface area contributed by atoms with Crippen molar-refractivity contribution in [2.45, 2.75) is 0 Å². The Balaban J connectivity index is 2.15. The topological polar surface area (TPSA) is 96.7 Å². The molecule has 0 aliphatic carbocycles. The van der Waals surface area contributed by atoms with Crippen molar-refractivity contribution in [3.8, 4) is 0 Å². The molecule has 2 rings (SSSR count). The molecule has 2 aromatic rings. The lowest BCUT2D eigenvalue weighted by Crippen LogP contribution is -2.12. The van der Waals surface area contributed by atoms with Crippen LogP contribution in [0.2, 0.25) is 0 Å². The van der Waals surface area contributed by atoms with E-state index in [4.69, 9.17) is 5.73 Å². The molecule has 0 unspecified atom stereocenters. The molecule has 0 fully saturated rings. The smallest absolute Gasteiger partial charge is 0.277 e. The van der Waals surface area contributed by atoms with E-state index in [0.717, 1.165) is 0 Å². The van der Waals surface area contributed by atoms with Gasteiger partial charge in [-0.05, 0) is 18.2 Å². The quantitative estimate of drug-likeness (QED) is 0.653. The molecule has 1 amide bonds. The van der Waals surface area contributed by atoms with Crippen molar-refractivity contribution in [2.24, 2.45) is 0 Å². The Bertz CT molecular complexity index is 511. The number of aromatic nitrogens is 3. The minimum atomic E-state index is -0.528. The van der Waals surface area contributed by atoms with Gasteiger partial charge in [-0.2, -0.15) is 15.4 Å². The highest BCUT2D eigenvalue weighted by molar-refractivity contribution is 6.02. The van der Waals surface area contributed by atoms with Gasteiger partial charge in [0, 0.05) is 5.69 Å². The number of nitrogen functional groups attached to an aromatic ring is 1. The van der Waals surface area contributed by atoms with Gasteiger partial charge in [-0.25, -0.2) is 4.39 Å². The van der Waals surface area contributed by atoms with E-state index >= 15 is 0 Å². The lowest BCUT2D eigenvalue weighted by atomic mass is 10.2. The molecule has 4 N–H and O–H groups in total. The fourth-order valence-corrected chi connectivity index (χ4v) is 1.13. The number of nitrogens with one attached hydrogen (secondary N) is 2. The molecule has 0 spiro atoms. The van der Waals surface area contributed by atoms with Crippen molar-refractivity contribution in [3.63, 3.8) is 0 Å². The van der Waals surface area contributed by atoms with Crippen LogP contribution in [0.25, 0.3) is 0 Å². The molecule has 0 saturated carbocycles. The van der Waals surface area contributed by atoms with Gasteiger partial charge < -0.3 is 11.1 Å². The van der Waals surface area contributed by atoms with E-state index in [2.05, 4.69) is 20.7 Å². The molecule has 0 atom stereocenters. The van der Waals surface area contributed by atoms with Gasteiger partial charge >= 0.3 is 0 Å². The molecular weight excluding hydrogens is 213 g/mol. The monoisotopic (exact) mass is 221 g/mol. The van der Waals surface area contributed by atoms with Gasteiger partial charge in [-0.1, -0.05) is 0 Å². The average Bonchev–Trinajstić information content (AvgIpc) is 2.77. The summed E-state index contributed by atoms with van der Waals surface area (Å²) < 4.78 is 12.8. The summed E-state index contributed by atoms with van der Waals surface area (Å²) in [5.74, 6) is -0.973. The zero-order valence-corrected chi connectivity index (χ0v) is 8.07. The van der Waals surface area contributed by atoms with Gasteiger partial charge in [0.1, 0.15) is 5.82 Å². The number of amides is 1. The molecule has 0 bridgehead atoms. The number of halogens is 1. The minimum Gasteiger partial charge on any atom is -0.396 e. The molecule has 16 heavy (non-hydrogen) atoms. The number of aromatic amines is 1. The van der Waals surface area contributed by atoms with Crippen molar-refractivity contribution in [1.82, 2.24) is 15.4 Å². The molecule has 7 heteroatoms. The molecule has 0 aliphatic rings. The number of carbonyl (C=O) groups is 1. The molecule has 1 aromatic heterocycles. The lowest BCUT2D eigenvalue weighted by Gasteiger charge is -2.04. The molecule has 0 radical (unpaired) electrons. The third-order valence-electron chi connectivity index (χ3n) is 1.90. The van der Waals surface area contributed by atoms with Crippen LogP contribution in [0.4, 0.5) is 15.8 Å². The highest BCUT2D eigenvalue weighted by atomic mass is 19.1. The number of hydrogen-bond donors (Lipinski definition) is 3. The summed E-state index contributed by atoms with van der Waals surface area (Å²) in [5.41, 5.74) is 5.86. The summed E-state index contributed by atoms with van der Waals surface area (Å²) in [6.45, 7) is 0. The highest BCUT2D eigenvalue weighted by Crippen LogP contribution is 2.16. The normalized spacial score (nSPS) is 10.1. The number of H-pyrrole nitrogens is 1. The zero-order valence-electron chi connectivity index (χ0n) is 8.07. The van der Waals surface area contributed by atoms with Crippen LogP contribution in [0, 0.1) is 5.82 Å². The van der Waals surface area contributed by atoms with Gasteiger partial charge in [0.05, 0.1) is 11.9 Å². The first-order valence-electron chi connectivity index (χ1n) is 4.39. The number of rotatable bonds is 2. The molecule has 0 saturated heterocycles. The number of hydrogen-bond acceptors (Lipinski definition) is 4. The summed E-state index contributed by atoms with van der Waals surface area (Å²) in [6.07, 6.45) is 1.28. The molecule has 6 nitrogen and oxygen atoms in total. The summed E-state index contributed by atoms with van der Waals surface area (Å²) in [6, 6.07) is 3.91. The molecule has 1 aromatic carbocycles. The van der Waals surface area contributed by atoms with E-state index in [1.54, 1.807) is 0 Å². The van der Waals surface area contributed by atoms with Crippen molar-refractivity contribution >= 4 is 17.3 Å².